The summed E-state index contributed by atoms with van der Waals surface area (Å²) >= 11 is 0. The summed E-state index contributed by atoms with van der Waals surface area (Å²) in [6.45, 7) is 10.7. The van der Waals surface area contributed by atoms with Crippen LogP contribution >= 0.6 is 0 Å². The van der Waals surface area contributed by atoms with E-state index in [9.17, 15) is 5.11 Å². The van der Waals surface area contributed by atoms with Crippen LogP contribution in [0.25, 0.3) is 5.69 Å². The lowest BCUT2D eigenvalue weighted by atomic mass is 10.1. The fraction of sp³-hybridized carbons (Fsp3) is 0.471. The summed E-state index contributed by atoms with van der Waals surface area (Å²) in [4.78, 5) is 0. The van der Waals surface area contributed by atoms with Gasteiger partial charge in [-0.05, 0) is 51.8 Å². The van der Waals surface area contributed by atoms with Crippen molar-refractivity contribution in [1.29, 1.82) is 0 Å². The lowest BCUT2D eigenvalue weighted by molar-refractivity contribution is 0.187. The molecule has 4 heteroatoms. The van der Waals surface area contributed by atoms with Gasteiger partial charge in [0.15, 0.2) is 0 Å². The minimum absolute atomic E-state index is 0.165. The third-order valence-electron chi connectivity index (χ3n) is 3.83. The molecule has 114 valence electrons. The first-order valence-corrected chi connectivity index (χ1v) is 7.43. The maximum absolute atomic E-state index is 9.38. The molecule has 4 nitrogen and oxygen atoms in total. The fourth-order valence-corrected chi connectivity index (χ4v) is 2.50. The zero-order chi connectivity index (χ0) is 15.6. The Labute approximate surface area is 126 Å². The first kappa shape index (κ1) is 15.7. The van der Waals surface area contributed by atoms with Gasteiger partial charge in [-0.3, -0.25) is 0 Å². The Hall–Kier alpha value is -1.65. The normalized spacial score (nSPS) is 14.2. The molecule has 2 N–H and O–H groups in total. The summed E-state index contributed by atoms with van der Waals surface area (Å²) in [5.74, 6) is 0. The molecule has 21 heavy (non-hydrogen) atoms. The highest BCUT2D eigenvalue weighted by atomic mass is 16.3. The Kier molecular flexibility index (Phi) is 4.80. The quantitative estimate of drug-likeness (QED) is 0.889. The highest BCUT2D eigenvalue weighted by Gasteiger charge is 2.15. The second-order valence-corrected chi connectivity index (χ2v) is 5.87. The van der Waals surface area contributed by atoms with Gasteiger partial charge in [0.05, 0.1) is 18.0 Å². The number of benzene rings is 1. The van der Waals surface area contributed by atoms with Gasteiger partial charge >= 0.3 is 0 Å². The zero-order valence-electron chi connectivity index (χ0n) is 13.5. The largest absolute Gasteiger partial charge is 0.392 e. The summed E-state index contributed by atoms with van der Waals surface area (Å²) in [6.07, 6.45) is 1.57. The molecule has 0 bridgehead atoms. The highest BCUT2D eigenvalue weighted by Crippen LogP contribution is 2.22. The monoisotopic (exact) mass is 287 g/mol. The van der Waals surface area contributed by atoms with Crippen LogP contribution in [0, 0.1) is 20.8 Å². The topological polar surface area (TPSA) is 50.1 Å². The molecule has 0 aliphatic rings. The summed E-state index contributed by atoms with van der Waals surface area (Å²) in [6, 6.07) is 6.57. The van der Waals surface area contributed by atoms with Gasteiger partial charge < -0.3 is 10.4 Å². The number of rotatable bonds is 5. The molecule has 0 aliphatic carbocycles. The number of hydrogen-bond donors (Lipinski definition) is 2. The number of aliphatic hydroxyl groups excluding tert-OH is 1. The number of aryl methyl sites for hydroxylation is 2. The van der Waals surface area contributed by atoms with Crippen molar-refractivity contribution in [2.24, 2.45) is 0 Å². The molecule has 0 fully saturated rings. The van der Waals surface area contributed by atoms with Gasteiger partial charge in [-0.1, -0.05) is 12.1 Å². The Morgan fingerprint density at radius 3 is 2.62 bits per heavy atom. The van der Waals surface area contributed by atoms with Crippen molar-refractivity contribution in [3.8, 4) is 5.69 Å². The van der Waals surface area contributed by atoms with Crippen LogP contribution in [0.4, 0.5) is 0 Å². The maximum Gasteiger partial charge on any atom is 0.0680 e. The Morgan fingerprint density at radius 1 is 1.24 bits per heavy atom. The molecule has 0 saturated heterocycles. The van der Waals surface area contributed by atoms with Crippen LogP contribution < -0.4 is 5.32 Å². The molecule has 1 aromatic carbocycles. The van der Waals surface area contributed by atoms with Crippen molar-refractivity contribution >= 4 is 0 Å². The van der Waals surface area contributed by atoms with Crippen molar-refractivity contribution in [3.63, 3.8) is 0 Å². The van der Waals surface area contributed by atoms with E-state index in [4.69, 9.17) is 0 Å². The summed E-state index contributed by atoms with van der Waals surface area (Å²) < 4.78 is 2.00. The molecule has 1 heterocycles. The van der Waals surface area contributed by atoms with E-state index in [-0.39, 0.29) is 12.1 Å². The molecule has 2 aromatic rings. The number of hydrogen-bond acceptors (Lipinski definition) is 3. The zero-order valence-corrected chi connectivity index (χ0v) is 13.5. The molecule has 2 unspecified atom stereocenters. The average molecular weight is 287 g/mol. The number of aromatic nitrogens is 2. The molecule has 0 amide bonds. The van der Waals surface area contributed by atoms with E-state index >= 15 is 0 Å². The van der Waals surface area contributed by atoms with Gasteiger partial charge in [0.1, 0.15) is 0 Å². The number of nitrogens with zero attached hydrogens (tertiary/aromatic N) is 2. The van der Waals surface area contributed by atoms with E-state index in [1.807, 2.05) is 10.9 Å². The molecular weight excluding hydrogens is 262 g/mol. The van der Waals surface area contributed by atoms with E-state index in [2.05, 4.69) is 56.3 Å². The predicted octanol–water partition coefficient (Wildman–Crippen LogP) is 2.83. The van der Waals surface area contributed by atoms with Crippen LogP contribution in [0.2, 0.25) is 0 Å². The molecule has 0 radical (unpaired) electrons. The Morgan fingerprint density at radius 2 is 1.95 bits per heavy atom. The minimum atomic E-state index is -0.346. The molecule has 0 saturated carbocycles. The average Bonchev–Trinajstić information content (AvgIpc) is 2.80. The number of nitrogens with one attached hydrogen (secondary N) is 1. The molecular formula is C17H25N3O. The van der Waals surface area contributed by atoms with Crippen molar-refractivity contribution < 1.29 is 5.11 Å². The Bertz CT molecular complexity index is 616. The van der Waals surface area contributed by atoms with Crippen LogP contribution in [0.3, 0.4) is 0 Å². The standard InChI is InChI=1S/C17H25N3O/c1-11-6-7-12(2)17(8-11)20-15(5)16(10-19-20)14(4)18-9-13(3)21/h6-8,10,13-14,18,21H,9H2,1-5H3. The van der Waals surface area contributed by atoms with E-state index < -0.39 is 0 Å². The SMILES string of the molecule is Cc1ccc(C)c(-n2ncc(C(C)NCC(C)O)c2C)c1. The van der Waals surface area contributed by atoms with Gasteiger partial charge in [-0.25, -0.2) is 4.68 Å². The predicted molar refractivity (Wildman–Crippen MR) is 85.9 cm³/mol. The smallest absolute Gasteiger partial charge is 0.0680 e. The third kappa shape index (κ3) is 3.52. The number of aliphatic hydroxyl groups is 1. The third-order valence-corrected chi connectivity index (χ3v) is 3.83. The first-order chi connectivity index (χ1) is 9.90. The molecule has 1 aromatic heterocycles. The summed E-state index contributed by atoms with van der Waals surface area (Å²) in [5.41, 5.74) is 5.86. The molecule has 0 spiro atoms. The van der Waals surface area contributed by atoms with E-state index in [1.54, 1.807) is 6.92 Å². The van der Waals surface area contributed by atoms with Crippen molar-refractivity contribution in [2.45, 2.75) is 46.8 Å². The van der Waals surface area contributed by atoms with Gasteiger partial charge in [-0.2, -0.15) is 5.10 Å². The molecule has 2 atom stereocenters. The van der Waals surface area contributed by atoms with Crippen LogP contribution in [0.5, 0.6) is 0 Å². The van der Waals surface area contributed by atoms with Crippen molar-refractivity contribution in [1.82, 2.24) is 15.1 Å². The highest BCUT2D eigenvalue weighted by molar-refractivity contribution is 5.44. The Balaban J connectivity index is 2.30. The fourth-order valence-electron chi connectivity index (χ4n) is 2.50. The van der Waals surface area contributed by atoms with Crippen LogP contribution in [-0.4, -0.2) is 27.5 Å². The molecule has 2 rings (SSSR count). The summed E-state index contributed by atoms with van der Waals surface area (Å²) in [5, 5.41) is 17.3. The summed E-state index contributed by atoms with van der Waals surface area (Å²) in [7, 11) is 0. The molecule has 0 aliphatic heterocycles. The van der Waals surface area contributed by atoms with E-state index in [0.717, 1.165) is 16.9 Å². The first-order valence-electron chi connectivity index (χ1n) is 7.43. The van der Waals surface area contributed by atoms with Crippen LogP contribution in [0.1, 0.15) is 42.3 Å². The lowest BCUT2D eigenvalue weighted by Gasteiger charge is -2.15. The van der Waals surface area contributed by atoms with E-state index in [1.165, 1.54) is 11.1 Å². The van der Waals surface area contributed by atoms with Crippen LogP contribution in [0.15, 0.2) is 24.4 Å². The maximum atomic E-state index is 9.38. The second-order valence-electron chi connectivity index (χ2n) is 5.87. The van der Waals surface area contributed by atoms with Crippen LogP contribution in [-0.2, 0) is 0 Å². The minimum Gasteiger partial charge on any atom is -0.392 e. The van der Waals surface area contributed by atoms with Crippen molar-refractivity contribution in [3.05, 3.63) is 46.8 Å². The van der Waals surface area contributed by atoms with Gasteiger partial charge in [0.25, 0.3) is 0 Å². The van der Waals surface area contributed by atoms with Gasteiger partial charge in [0, 0.05) is 23.8 Å². The van der Waals surface area contributed by atoms with E-state index in [0.29, 0.717) is 6.54 Å². The van der Waals surface area contributed by atoms with Gasteiger partial charge in [-0.15, -0.1) is 0 Å². The van der Waals surface area contributed by atoms with Gasteiger partial charge in [0.2, 0.25) is 0 Å². The van der Waals surface area contributed by atoms with Crippen molar-refractivity contribution in [2.75, 3.05) is 6.54 Å². The second kappa shape index (κ2) is 6.41. The lowest BCUT2D eigenvalue weighted by Crippen LogP contribution is -2.27.